The summed E-state index contributed by atoms with van der Waals surface area (Å²) in [7, 11) is 1.73. The van der Waals surface area contributed by atoms with E-state index in [-0.39, 0.29) is 11.7 Å². The number of aryl methyl sites for hydroxylation is 1. The van der Waals surface area contributed by atoms with E-state index in [4.69, 9.17) is 0 Å². The molecule has 2 aromatic carbocycles. The molecule has 1 amide bonds. The minimum atomic E-state index is -0.630. The SMILES string of the molecule is CNC(O)N1CCN(c2cccc(NC(=O)C3Cc4c(F)ccc(C)c4N3)c2)CC1. The third-order valence-electron chi connectivity index (χ3n) is 5.90. The largest absolute Gasteiger partial charge is 0.373 e. The molecule has 8 heteroatoms. The lowest BCUT2D eigenvalue weighted by atomic mass is 10.1. The highest BCUT2D eigenvalue weighted by molar-refractivity contribution is 5.98. The number of carbonyl (C=O) groups is 1. The van der Waals surface area contributed by atoms with Gasteiger partial charge in [0.25, 0.3) is 0 Å². The summed E-state index contributed by atoms with van der Waals surface area (Å²) in [6.07, 6.45) is -0.293. The van der Waals surface area contributed by atoms with Crippen LogP contribution in [-0.4, -0.2) is 61.5 Å². The van der Waals surface area contributed by atoms with Crippen LogP contribution in [0, 0.1) is 12.7 Å². The van der Waals surface area contributed by atoms with Crippen molar-refractivity contribution in [1.29, 1.82) is 0 Å². The molecule has 7 nitrogen and oxygen atoms in total. The topological polar surface area (TPSA) is 79.9 Å². The van der Waals surface area contributed by atoms with E-state index in [2.05, 4.69) is 20.9 Å². The lowest BCUT2D eigenvalue weighted by Gasteiger charge is -2.38. The number of benzene rings is 2. The first-order valence-corrected chi connectivity index (χ1v) is 10.3. The van der Waals surface area contributed by atoms with Crippen molar-refractivity contribution in [2.24, 2.45) is 0 Å². The zero-order valence-corrected chi connectivity index (χ0v) is 17.3. The number of aliphatic hydroxyl groups is 1. The van der Waals surface area contributed by atoms with Crippen LogP contribution in [0.5, 0.6) is 0 Å². The molecular weight excluding hydrogens is 385 g/mol. The first kappa shape index (κ1) is 20.6. The normalized spacial score (nSPS) is 19.9. The molecule has 0 aliphatic carbocycles. The van der Waals surface area contributed by atoms with E-state index in [1.165, 1.54) is 6.07 Å². The van der Waals surface area contributed by atoms with Gasteiger partial charge in [0.05, 0.1) is 0 Å². The molecule has 1 saturated heterocycles. The zero-order valence-electron chi connectivity index (χ0n) is 17.3. The van der Waals surface area contributed by atoms with Crippen molar-refractivity contribution in [3.63, 3.8) is 0 Å². The first-order valence-electron chi connectivity index (χ1n) is 10.3. The predicted molar refractivity (Wildman–Crippen MR) is 116 cm³/mol. The van der Waals surface area contributed by atoms with Gasteiger partial charge < -0.3 is 20.6 Å². The summed E-state index contributed by atoms with van der Waals surface area (Å²) in [5, 5.41) is 18.9. The number of piperazine rings is 1. The van der Waals surface area contributed by atoms with E-state index >= 15 is 0 Å². The Morgan fingerprint density at radius 1 is 1.23 bits per heavy atom. The van der Waals surface area contributed by atoms with E-state index in [1.807, 2.05) is 36.1 Å². The second-order valence-electron chi connectivity index (χ2n) is 7.84. The van der Waals surface area contributed by atoms with Crippen LogP contribution in [0.4, 0.5) is 21.5 Å². The number of aliphatic hydroxyl groups excluding tert-OH is 1. The molecule has 2 heterocycles. The van der Waals surface area contributed by atoms with E-state index in [9.17, 15) is 14.3 Å². The molecule has 2 aliphatic rings. The number of amides is 1. The highest BCUT2D eigenvalue weighted by atomic mass is 19.1. The van der Waals surface area contributed by atoms with Crippen molar-refractivity contribution in [2.45, 2.75) is 25.7 Å². The van der Waals surface area contributed by atoms with Crippen molar-refractivity contribution in [3.8, 4) is 0 Å². The number of nitrogens with one attached hydrogen (secondary N) is 3. The van der Waals surface area contributed by atoms with Crippen molar-refractivity contribution in [1.82, 2.24) is 10.2 Å². The average molecular weight is 413 g/mol. The summed E-state index contributed by atoms with van der Waals surface area (Å²) in [4.78, 5) is 17.0. The van der Waals surface area contributed by atoms with Gasteiger partial charge >= 0.3 is 0 Å². The van der Waals surface area contributed by atoms with Gasteiger partial charge in [-0.2, -0.15) is 0 Å². The summed E-state index contributed by atoms with van der Waals surface area (Å²) in [6.45, 7) is 4.97. The Labute approximate surface area is 175 Å². The smallest absolute Gasteiger partial charge is 0.247 e. The van der Waals surface area contributed by atoms with E-state index in [0.29, 0.717) is 17.7 Å². The Kier molecular flexibility index (Phi) is 5.90. The van der Waals surface area contributed by atoms with Crippen molar-refractivity contribution in [2.75, 3.05) is 48.8 Å². The van der Waals surface area contributed by atoms with E-state index in [0.717, 1.165) is 43.1 Å². The molecule has 30 heavy (non-hydrogen) atoms. The minimum absolute atomic E-state index is 0.177. The van der Waals surface area contributed by atoms with Crippen LogP contribution in [0.3, 0.4) is 0 Å². The first-order chi connectivity index (χ1) is 14.5. The van der Waals surface area contributed by atoms with Gasteiger partial charge in [-0.1, -0.05) is 12.1 Å². The summed E-state index contributed by atoms with van der Waals surface area (Å²) >= 11 is 0. The molecule has 0 bridgehead atoms. The van der Waals surface area contributed by atoms with Gasteiger partial charge in [0, 0.05) is 55.2 Å². The van der Waals surface area contributed by atoms with E-state index < -0.39 is 12.4 Å². The number of hydrogen-bond donors (Lipinski definition) is 4. The van der Waals surface area contributed by atoms with Crippen LogP contribution < -0.4 is 20.9 Å². The van der Waals surface area contributed by atoms with Crippen LogP contribution in [0.1, 0.15) is 11.1 Å². The predicted octanol–water partition coefficient (Wildman–Crippen LogP) is 1.73. The number of carbonyl (C=O) groups excluding carboxylic acids is 1. The Hall–Kier alpha value is -2.68. The molecule has 0 radical (unpaired) electrons. The highest BCUT2D eigenvalue weighted by Crippen LogP contribution is 2.32. The number of rotatable bonds is 5. The Balaban J connectivity index is 1.39. The summed E-state index contributed by atoms with van der Waals surface area (Å²) in [6, 6.07) is 10.4. The van der Waals surface area contributed by atoms with Gasteiger partial charge in [-0.05, 0) is 43.8 Å². The van der Waals surface area contributed by atoms with Gasteiger partial charge in [-0.25, -0.2) is 4.39 Å². The average Bonchev–Trinajstić information content (AvgIpc) is 3.23. The maximum Gasteiger partial charge on any atom is 0.247 e. The molecule has 1 fully saturated rings. The minimum Gasteiger partial charge on any atom is -0.373 e. The number of anilines is 3. The van der Waals surface area contributed by atoms with E-state index in [1.54, 1.807) is 13.1 Å². The number of nitrogens with zero attached hydrogens (tertiary/aromatic N) is 2. The van der Waals surface area contributed by atoms with Crippen LogP contribution in [0.25, 0.3) is 0 Å². The van der Waals surface area contributed by atoms with Crippen molar-refractivity contribution >= 4 is 23.0 Å². The van der Waals surface area contributed by atoms with Gasteiger partial charge in [-0.15, -0.1) is 0 Å². The molecule has 2 aliphatic heterocycles. The molecule has 0 saturated carbocycles. The van der Waals surface area contributed by atoms with Gasteiger partial charge in [-0.3, -0.25) is 15.0 Å². The Morgan fingerprint density at radius 2 is 2.00 bits per heavy atom. The molecule has 2 aromatic rings. The maximum absolute atomic E-state index is 14.1. The second kappa shape index (κ2) is 8.59. The Bertz CT molecular complexity index is 899. The molecule has 160 valence electrons. The molecule has 0 spiro atoms. The van der Waals surface area contributed by atoms with Crippen molar-refractivity contribution < 1.29 is 14.3 Å². The molecule has 4 rings (SSSR count). The van der Waals surface area contributed by atoms with Gasteiger partial charge in [0.2, 0.25) is 5.91 Å². The fraction of sp³-hybridized carbons (Fsp3) is 0.409. The highest BCUT2D eigenvalue weighted by Gasteiger charge is 2.30. The summed E-state index contributed by atoms with van der Waals surface area (Å²) in [5.74, 6) is -0.452. The molecule has 2 atom stereocenters. The molecule has 2 unspecified atom stereocenters. The molecule has 4 N–H and O–H groups in total. The second-order valence-corrected chi connectivity index (χ2v) is 7.84. The fourth-order valence-electron chi connectivity index (χ4n) is 4.14. The summed E-state index contributed by atoms with van der Waals surface area (Å²) in [5.41, 5.74) is 3.98. The van der Waals surface area contributed by atoms with Crippen LogP contribution in [0.15, 0.2) is 36.4 Å². The Morgan fingerprint density at radius 3 is 2.70 bits per heavy atom. The van der Waals surface area contributed by atoms with Crippen molar-refractivity contribution in [3.05, 3.63) is 53.3 Å². The van der Waals surface area contributed by atoms with Gasteiger partial charge in [0.1, 0.15) is 11.9 Å². The molecular formula is C22H28FN5O2. The third kappa shape index (κ3) is 4.12. The van der Waals surface area contributed by atoms with Crippen LogP contribution in [0.2, 0.25) is 0 Å². The fourth-order valence-corrected chi connectivity index (χ4v) is 4.14. The lowest BCUT2D eigenvalue weighted by Crippen LogP contribution is -2.54. The monoisotopic (exact) mass is 413 g/mol. The molecule has 0 aromatic heterocycles. The quantitative estimate of drug-likeness (QED) is 0.559. The van der Waals surface area contributed by atoms with Crippen LogP contribution in [-0.2, 0) is 11.2 Å². The lowest BCUT2D eigenvalue weighted by molar-refractivity contribution is -0.116. The standard InChI is InChI=1S/C22H28FN5O2/c1-14-6-7-18(23)17-13-19(26-20(14)17)21(29)25-15-4-3-5-16(12-15)27-8-10-28(11-9-27)22(30)24-2/h3-7,12,19,22,24,26,30H,8-11,13H2,1-2H3,(H,25,29). The third-order valence-corrected chi connectivity index (χ3v) is 5.90. The summed E-state index contributed by atoms with van der Waals surface area (Å²) < 4.78 is 14.1. The number of fused-ring (bicyclic) bond motifs is 1. The number of halogens is 1. The zero-order chi connectivity index (χ0) is 21.3. The maximum atomic E-state index is 14.1. The van der Waals surface area contributed by atoms with Crippen LogP contribution >= 0.6 is 0 Å². The number of hydrogen-bond acceptors (Lipinski definition) is 6. The van der Waals surface area contributed by atoms with Gasteiger partial charge in [0.15, 0.2) is 6.35 Å².